The van der Waals surface area contributed by atoms with Gasteiger partial charge in [-0.25, -0.2) is 0 Å². The second-order valence-corrected chi connectivity index (χ2v) is 16.4. The molecule has 0 fully saturated rings. The van der Waals surface area contributed by atoms with Crippen LogP contribution >= 0.6 is 0 Å². The van der Waals surface area contributed by atoms with E-state index in [1.807, 2.05) is 0 Å². The second kappa shape index (κ2) is 38.6. The maximum absolute atomic E-state index is 2.72. The van der Waals surface area contributed by atoms with Crippen LogP contribution in [0.15, 0.2) is 12.4 Å². The largest absolute Gasteiger partial charge is 0.356 e. The van der Waals surface area contributed by atoms with Gasteiger partial charge in [-0.05, 0) is 25.7 Å². The van der Waals surface area contributed by atoms with E-state index in [1.165, 1.54) is 264 Å². The van der Waals surface area contributed by atoms with Gasteiger partial charge in [0.2, 0.25) is 0 Å². The summed E-state index contributed by atoms with van der Waals surface area (Å²) in [5, 5.41) is 0. The third-order valence-electron chi connectivity index (χ3n) is 11.6. The zero-order valence-electron chi connectivity index (χ0n) is 34.6. The highest BCUT2D eigenvalue weighted by atomic mass is 15.4. The minimum atomic E-state index is 0.638. The third-order valence-corrected chi connectivity index (χ3v) is 11.6. The van der Waals surface area contributed by atoms with Crippen molar-refractivity contribution in [3.63, 3.8) is 0 Å². The normalized spacial score (nSPS) is 13.4. The van der Waals surface area contributed by atoms with E-state index in [0.29, 0.717) is 6.17 Å². The summed E-state index contributed by atoms with van der Waals surface area (Å²) in [6, 6.07) is 0. The molecule has 2 nitrogen and oxygen atoms in total. The first kappa shape index (κ1) is 46.4. The van der Waals surface area contributed by atoms with Gasteiger partial charge < -0.3 is 9.80 Å². The standard InChI is InChI=1S/C47H94N2/c1-4-7-10-13-16-18-20-22-24-26-28-30-32-34-37-40-43-48-45-46-49(47(48)42-39-36-15-12-9-6-3)44-41-38-35-33-31-29-27-25-23-21-19-17-14-11-8-5-2/h45-47H,4-44H2,1-3H3. The molecule has 0 aromatic rings. The van der Waals surface area contributed by atoms with Crippen molar-refractivity contribution < 1.29 is 0 Å². The van der Waals surface area contributed by atoms with E-state index in [9.17, 15) is 0 Å². The van der Waals surface area contributed by atoms with Gasteiger partial charge in [-0.3, -0.25) is 0 Å². The van der Waals surface area contributed by atoms with Gasteiger partial charge in [0, 0.05) is 25.5 Å². The molecule has 0 amide bonds. The first-order valence-corrected chi connectivity index (χ1v) is 23.5. The summed E-state index contributed by atoms with van der Waals surface area (Å²) in [5.41, 5.74) is 0. The summed E-state index contributed by atoms with van der Waals surface area (Å²) >= 11 is 0. The molecule has 0 saturated carbocycles. The van der Waals surface area contributed by atoms with Crippen LogP contribution < -0.4 is 0 Å². The molecule has 0 bridgehead atoms. The second-order valence-electron chi connectivity index (χ2n) is 16.4. The predicted octanol–water partition coefficient (Wildman–Crippen LogP) is 16.7. The molecule has 0 N–H and O–H groups in total. The van der Waals surface area contributed by atoms with Gasteiger partial charge >= 0.3 is 0 Å². The predicted molar refractivity (Wildman–Crippen MR) is 223 cm³/mol. The maximum Gasteiger partial charge on any atom is 0.101 e. The highest BCUT2D eigenvalue weighted by Crippen LogP contribution is 2.24. The summed E-state index contributed by atoms with van der Waals surface area (Å²) in [6.45, 7) is 9.50. The summed E-state index contributed by atoms with van der Waals surface area (Å²) in [6.07, 6.45) is 61.9. The van der Waals surface area contributed by atoms with Gasteiger partial charge in [0.05, 0.1) is 0 Å². The van der Waals surface area contributed by atoms with Gasteiger partial charge in [0.25, 0.3) is 0 Å². The topological polar surface area (TPSA) is 6.48 Å². The summed E-state index contributed by atoms with van der Waals surface area (Å²) in [7, 11) is 0. The molecular formula is C47H94N2. The van der Waals surface area contributed by atoms with Crippen molar-refractivity contribution in [3.8, 4) is 0 Å². The van der Waals surface area contributed by atoms with Gasteiger partial charge in [-0.1, -0.05) is 245 Å². The number of rotatable bonds is 41. The van der Waals surface area contributed by atoms with Crippen molar-refractivity contribution >= 4 is 0 Å². The average Bonchev–Trinajstić information content (AvgIpc) is 3.50. The van der Waals surface area contributed by atoms with E-state index >= 15 is 0 Å². The van der Waals surface area contributed by atoms with Crippen molar-refractivity contribution in [3.05, 3.63) is 12.4 Å². The van der Waals surface area contributed by atoms with E-state index in [1.54, 1.807) is 0 Å². The van der Waals surface area contributed by atoms with Crippen LogP contribution in [0.25, 0.3) is 0 Å². The van der Waals surface area contributed by atoms with E-state index in [4.69, 9.17) is 0 Å². The fraction of sp³-hybridized carbons (Fsp3) is 0.957. The highest BCUT2D eigenvalue weighted by Gasteiger charge is 2.24. The van der Waals surface area contributed by atoms with Crippen LogP contribution in [0.2, 0.25) is 0 Å². The van der Waals surface area contributed by atoms with Gasteiger partial charge in [0.1, 0.15) is 6.17 Å². The Morgan fingerprint density at radius 3 is 0.714 bits per heavy atom. The molecule has 0 aromatic heterocycles. The zero-order chi connectivity index (χ0) is 35.1. The Morgan fingerprint density at radius 1 is 0.265 bits per heavy atom. The van der Waals surface area contributed by atoms with Crippen LogP contribution in [-0.4, -0.2) is 29.1 Å². The molecule has 0 saturated heterocycles. The smallest absolute Gasteiger partial charge is 0.101 e. The Labute approximate surface area is 311 Å². The minimum absolute atomic E-state index is 0.638. The molecule has 1 aliphatic rings. The average molecular weight is 687 g/mol. The molecule has 292 valence electrons. The van der Waals surface area contributed by atoms with Crippen LogP contribution in [0.4, 0.5) is 0 Å². The van der Waals surface area contributed by atoms with Crippen LogP contribution in [0.5, 0.6) is 0 Å². The lowest BCUT2D eigenvalue weighted by atomic mass is 10.0. The Morgan fingerprint density at radius 2 is 0.469 bits per heavy atom. The van der Waals surface area contributed by atoms with Crippen LogP contribution in [-0.2, 0) is 0 Å². The Hall–Kier alpha value is -0.660. The Bertz CT molecular complexity index is 598. The van der Waals surface area contributed by atoms with Crippen LogP contribution in [0, 0.1) is 0 Å². The zero-order valence-corrected chi connectivity index (χ0v) is 34.6. The minimum Gasteiger partial charge on any atom is -0.356 e. The molecule has 1 aliphatic heterocycles. The van der Waals surface area contributed by atoms with Gasteiger partial charge in [-0.2, -0.15) is 0 Å². The van der Waals surface area contributed by atoms with Crippen LogP contribution in [0.1, 0.15) is 271 Å². The fourth-order valence-corrected chi connectivity index (χ4v) is 8.13. The van der Waals surface area contributed by atoms with Gasteiger partial charge in [0.15, 0.2) is 0 Å². The maximum atomic E-state index is 2.72. The molecule has 2 heteroatoms. The first-order chi connectivity index (χ1) is 24.3. The van der Waals surface area contributed by atoms with Crippen LogP contribution in [0.3, 0.4) is 0 Å². The fourth-order valence-electron chi connectivity index (χ4n) is 8.13. The Kier molecular flexibility index (Phi) is 36.5. The van der Waals surface area contributed by atoms with Crippen molar-refractivity contribution in [2.75, 3.05) is 13.1 Å². The highest BCUT2D eigenvalue weighted by molar-refractivity contribution is 4.97. The van der Waals surface area contributed by atoms with E-state index < -0.39 is 0 Å². The van der Waals surface area contributed by atoms with Crippen molar-refractivity contribution in [2.24, 2.45) is 0 Å². The summed E-state index contributed by atoms with van der Waals surface area (Å²) in [4.78, 5) is 5.45. The lowest BCUT2D eigenvalue weighted by molar-refractivity contribution is 0.135. The summed E-state index contributed by atoms with van der Waals surface area (Å²) < 4.78 is 0. The first-order valence-electron chi connectivity index (χ1n) is 23.5. The number of hydrogen-bond acceptors (Lipinski definition) is 2. The van der Waals surface area contributed by atoms with Crippen molar-refractivity contribution in [1.29, 1.82) is 0 Å². The monoisotopic (exact) mass is 687 g/mol. The molecule has 0 radical (unpaired) electrons. The molecule has 0 unspecified atom stereocenters. The molecular weight excluding hydrogens is 593 g/mol. The SMILES string of the molecule is CCCCCCCCCCCCCCCCCCN1C=CN(CCCCCCCCCCCCCCCCCC)C1CCCCCCCC. The molecule has 0 atom stereocenters. The van der Waals surface area contributed by atoms with Gasteiger partial charge in [-0.15, -0.1) is 0 Å². The van der Waals surface area contributed by atoms with E-state index in [2.05, 4.69) is 43.0 Å². The lowest BCUT2D eigenvalue weighted by Gasteiger charge is -2.33. The Balaban J connectivity index is 2.09. The molecule has 0 aliphatic carbocycles. The summed E-state index contributed by atoms with van der Waals surface area (Å²) in [5.74, 6) is 0. The van der Waals surface area contributed by atoms with E-state index in [-0.39, 0.29) is 0 Å². The van der Waals surface area contributed by atoms with Crippen molar-refractivity contribution in [2.45, 2.75) is 277 Å². The number of nitrogens with zero attached hydrogens (tertiary/aromatic N) is 2. The number of unbranched alkanes of at least 4 members (excludes halogenated alkanes) is 35. The van der Waals surface area contributed by atoms with Crippen molar-refractivity contribution in [1.82, 2.24) is 9.80 Å². The van der Waals surface area contributed by atoms with E-state index in [0.717, 1.165) is 0 Å². The third kappa shape index (κ3) is 30.7. The molecule has 1 heterocycles. The molecule has 1 rings (SSSR count). The quantitative estimate of drug-likeness (QED) is 0.0591. The molecule has 49 heavy (non-hydrogen) atoms. The molecule has 0 aromatic carbocycles. The number of hydrogen-bond donors (Lipinski definition) is 0. The lowest BCUT2D eigenvalue weighted by Crippen LogP contribution is -2.39. The molecule has 0 spiro atoms.